The molecule has 28 heavy (non-hydrogen) atoms. The van der Waals surface area contributed by atoms with Gasteiger partial charge in [-0.25, -0.2) is 13.6 Å². The molecule has 0 aromatic carbocycles. The molecule has 2 N–H and O–H groups in total. The molecule has 158 valence electrons. The predicted molar refractivity (Wildman–Crippen MR) is 94.2 cm³/mol. The molecule has 2 aliphatic carbocycles. The summed E-state index contributed by atoms with van der Waals surface area (Å²) in [6, 6.07) is -2.13. The van der Waals surface area contributed by atoms with E-state index in [-0.39, 0.29) is 17.3 Å². The number of piperidine rings is 1. The summed E-state index contributed by atoms with van der Waals surface area (Å²) in [4.78, 5) is 39.2. The fraction of sp³-hybridized carbons (Fsp3) is 0.842. The Morgan fingerprint density at radius 3 is 2.29 bits per heavy atom. The monoisotopic (exact) mass is 402 g/mol. The maximum atomic E-state index is 13.2. The van der Waals surface area contributed by atoms with Crippen LogP contribution >= 0.6 is 0 Å². The summed E-state index contributed by atoms with van der Waals surface area (Å²) in [5, 5.41) is 12.9. The highest BCUT2D eigenvalue weighted by molar-refractivity contribution is 5.93. The number of rotatable bonds is 5. The maximum Gasteiger partial charge on any atom is 0.328 e. The van der Waals surface area contributed by atoms with Crippen LogP contribution < -0.4 is 5.32 Å². The van der Waals surface area contributed by atoms with Gasteiger partial charge >= 0.3 is 5.97 Å². The van der Waals surface area contributed by atoms with Crippen LogP contribution in [0.4, 0.5) is 8.78 Å². The van der Waals surface area contributed by atoms with Gasteiger partial charge in [0.15, 0.2) is 0 Å². The molecule has 1 aliphatic heterocycles. The van der Waals surface area contributed by atoms with E-state index < -0.39 is 60.2 Å². The maximum absolute atomic E-state index is 13.2. The van der Waals surface area contributed by atoms with Gasteiger partial charge in [-0.15, -0.1) is 0 Å². The van der Waals surface area contributed by atoms with Crippen molar-refractivity contribution in [2.24, 2.45) is 23.2 Å². The third-order valence-corrected chi connectivity index (χ3v) is 6.64. The van der Waals surface area contributed by atoms with Crippen molar-refractivity contribution in [3.63, 3.8) is 0 Å². The van der Waals surface area contributed by atoms with Crippen LogP contribution in [0.2, 0.25) is 0 Å². The Balaban J connectivity index is 1.77. The third kappa shape index (κ3) is 3.38. The number of ether oxygens (including phenoxy) is 1. The van der Waals surface area contributed by atoms with Gasteiger partial charge < -0.3 is 20.1 Å². The van der Waals surface area contributed by atoms with Gasteiger partial charge in [0, 0.05) is 31.2 Å². The van der Waals surface area contributed by atoms with Crippen LogP contribution in [0.25, 0.3) is 0 Å². The zero-order chi connectivity index (χ0) is 21.2. The number of amides is 2. The minimum atomic E-state index is -2.87. The van der Waals surface area contributed by atoms with Crippen LogP contribution in [0.3, 0.4) is 0 Å². The first kappa shape index (κ1) is 21.0. The lowest BCUT2D eigenvalue weighted by Gasteiger charge is -2.39. The number of hydrogen-bond acceptors (Lipinski definition) is 5. The number of carbonyl (C=O) groups excluding carboxylic acids is 3. The van der Waals surface area contributed by atoms with E-state index in [9.17, 15) is 28.3 Å². The molecule has 1 heterocycles. The van der Waals surface area contributed by atoms with Crippen molar-refractivity contribution in [1.82, 2.24) is 10.2 Å². The average molecular weight is 402 g/mol. The fourth-order valence-electron chi connectivity index (χ4n) is 4.72. The summed E-state index contributed by atoms with van der Waals surface area (Å²) in [7, 11) is 1.25. The molecule has 1 saturated heterocycles. The first-order valence-electron chi connectivity index (χ1n) is 9.49. The van der Waals surface area contributed by atoms with Crippen molar-refractivity contribution < 1.29 is 33.0 Å². The summed E-state index contributed by atoms with van der Waals surface area (Å²) >= 11 is 0. The number of likely N-dealkylation sites (tertiary alicyclic amines) is 1. The molecule has 3 rings (SSSR count). The number of methoxy groups -OCH3 is 1. The highest BCUT2D eigenvalue weighted by Crippen LogP contribution is 2.65. The highest BCUT2D eigenvalue weighted by Gasteiger charge is 2.70. The van der Waals surface area contributed by atoms with Gasteiger partial charge in [0.25, 0.3) is 0 Å². The van der Waals surface area contributed by atoms with Crippen LogP contribution in [0.5, 0.6) is 0 Å². The topological polar surface area (TPSA) is 95.9 Å². The number of alkyl halides is 2. The summed E-state index contributed by atoms with van der Waals surface area (Å²) in [5.74, 6) is -5.51. The molecule has 0 bridgehead atoms. The molecule has 0 unspecified atom stereocenters. The number of carbonyl (C=O) groups is 3. The lowest BCUT2D eigenvalue weighted by atomic mass is 9.80. The molecule has 0 spiro atoms. The van der Waals surface area contributed by atoms with Crippen LogP contribution in [0.15, 0.2) is 0 Å². The lowest BCUT2D eigenvalue weighted by molar-refractivity contribution is -0.160. The van der Waals surface area contributed by atoms with Crippen molar-refractivity contribution in [2.75, 3.05) is 13.7 Å². The van der Waals surface area contributed by atoms with Gasteiger partial charge in [0.1, 0.15) is 12.1 Å². The number of fused-ring (bicyclic) bond motifs is 1. The molecule has 4 atom stereocenters. The minimum Gasteiger partial charge on any atom is -0.467 e. The molecule has 0 aromatic rings. The van der Waals surface area contributed by atoms with Crippen LogP contribution in [0.1, 0.15) is 40.5 Å². The van der Waals surface area contributed by atoms with E-state index in [0.717, 1.165) is 0 Å². The molecule has 2 amide bonds. The van der Waals surface area contributed by atoms with Gasteiger partial charge in [-0.2, -0.15) is 0 Å². The van der Waals surface area contributed by atoms with Crippen molar-refractivity contribution in [2.45, 2.75) is 64.1 Å². The summed E-state index contributed by atoms with van der Waals surface area (Å²) in [6.07, 6.45) is -1.14. The third-order valence-electron chi connectivity index (χ3n) is 6.64. The Hall–Kier alpha value is -1.77. The van der Waals surface area contributed by atoms with Gasteiger partial charge in [0.2, 0.25) is 17.7 Å². The molecule has 0 radical (unpaired) electrons. The standard InChI is InChI=1S/C19H28F2N2O5/c1-17(2)10-8-23(12(11(10)17)16(26)28-5)15(25)13(18(3,4)27)22-14(24)9-6-19(20,21)7-9/h9-13,27H,6-8H2,1-5H3,(H,22,24)/t10-,11-,12-,13+/m0/s1. The highest BCUT2D eigenvalue weighted by atomic mass is 19.3. The average Bonchev–Trinajstić information content (AvgIpc) is 2.92. The lowest BCUT2D eigenvalue weighted by Crippen LogP contribution is -2.62. The van der Waals surface area contributed by atoms with Crippen LogP contribution in [0, 0.1) is 23.2 Å². The number of nitrogens with zero attached hydrogens (tertiary/aromatic N) is 1. The van der Waals surface area contributed by atoms with E-state index in [1.807, 2.05) is 13.8 Å². The van der Waals surface area contributed by atoms with E-state index in [4.69, 9.17) is 4.74 Å². The van der Waals surface area contributed by atoms with Crippen molar-refractivity contribution >= 4 is 17.8 Å². The largest absolute Gasteiger partial charge is 0.467 e. The van der Waals surface area contributed by atoms with Crippen molar-refractivity contribution in [3.05, 3.63) is 0 Å². The van der Waals surface area contributed by atoms with Gasteiger partial charge in [-0.1, -0.05) is 13.8 Å². The van der Waals surface area contributed by atoms with Crippen molar-refractivity contribution in [3.8, 4) is 0 Å². The van der Waals surface area contributed by atoms with Gasteiger partial charge in [-0.05, 0) is 25.2 Å². The SMILES string of the molecule is COC(=O)[C@@H]1[C@@H]2[C@H](CN1C(=O)[C@@H](NC(=O)C1CC(F)(F)C1)C(C)(C)O)C2(C)C. The summed E-state index contributed by atoms with van der Waals surface area (Å²) < 4.78 is 31.0. The number of aliphatic hydroxyl groups is 1. The first-order valence-corrected chi connectivity index (χ1v) is 9.49. The normalized spacial score (nSPS) is 31.4. The first-order chi connectivity index (χ1) is 12.7. The molecular formula is C19H28F2N2O5. The quantitative estimate of drug-likeness (QED) is 0.668. The molecule has 7 nitrogen and oxygen atoms in total. The predicted octanol–water partition coefficient (Wildman–Crippen LogP) is 0.943. The number of nitrogens with one attached hydrogen (secondary N) is 1. The Bertz CT molecular complexity index is 695. The molecule has 3 aliphatic rings. The Morgan fingerprint density at radius 2 is 1.82 bits per heavy atom. The Morgan fingerprint density at radius 1 is 1.25 bits per heavy atom. The Labute approximate surface area is 162 Å². The van der Waals surface area contributed by atoms with Gasteiger partial charge in [0.05, 0.1) is 12.7 Å². The minimum absolute atomic E-state index is 0.0487. The smallest absolute Gasteiger partial charge is 0.328 e. The zero-order valence-electron chi connectivity index (χ0n) is 16.8. The van der Waals surface area contributed by atoms with E-state index in [0.29, 0.717) is 6.54 Å². The van der Waals surface area contributed by atoms with E-state index in [2.05, 4.69) is 5.32 Å². The molecule has 9 heteroatoms. The molecule has 2 saturated carbocycles. The summed E-state index contributed by atoms with van der Waals surface area (Å²) in [6.45, 7) is 7.08. The Kier molecular flexibility index (Phi) is 4.76. The second kappa shape index (κ2) is 6.37. The fourth-order valence-corrected chi connectivity index (χ4v) is 4.72. The van der Waals surface area contributed by atoms with Gasteiger partial charge in [-0.3, -0.25) is 9.59 Å². The van der Waals surface area contributed by atoms with Crippen molar-refractivity contribution in [1.29, 1.82) is 0 Å². The van der Waals surface area contributed by atoms with E-state index in [1.165, 1.54) is 25.9 Å². The van der Waals surface area contributed by atoms with Crippen LogP contribution in [-0.4, -0.2) is 65.1 Å². The second-order valence-corrected chi connectivity index (χ2v) is 9.47. The molecular weight excluding hydrogens is 374 g/mol. The molecule has 0 aromatic heterocycles. The number of halogens is 2. The number of hydrogen-bond donors (Lipinski definition) is 2. The van der Waals surface area contributed by atoms with Crippen LogP contribution in [-0.2, 0) is 19.1 Å². The second-order valence-electron chi connectivity index (χ2n) is 9.47. The molecule has 3 fully saturated rings. The van der Waals surface area contributed by atoms with E-state index >= 15 is 0 Å². The van der Waals surface area contributed by atoms with E-state index in [1.54, 1.807) is 0 Å². The number of esters is 1. The zero-order valence-corrected chi connectivity index (χ0v) is 16.8. The summed E-state index contributed by atoms with van der Waals surface area (Å²) in [5.41, 5.74) is -1.73.